The molecule has 2 saturated heterocycles. The molecule has 19 nitrogen and oxygen atoms in total. The number of nitrogens with one attached hydrogen (secondary N) is 2. The van der Waals surface area contributed by atoms with Crippen molar-refractivity contribution >= 4 is 116 Å². The number of hydrogen-bond donors (Lipinski definition) is 11. The summed E-state index contributed by atoms with van der Waals surface area (Å²) in [5, 5.41) is 104. The van der Waals surface area contributed by atoms with Gasteiger partial charge in [0, 0.05) is 30.3 Å². The van der Waals surface area contributed by atoms with Gasteiger partial charge >= 0.3 is 0 Å². The molecule has 5 rings (SSSR count). The smallest absolute Gasteiger partial charge is 0.291 e. The predicted octanol–water partition coefficient (Wildman–Crippen LogP) is -10.9. The van der Waals surface area contributed by atoms with Gasteiger partial charge in [-0.1, -0.05) is 10.9 Å². The van der Waals surface area contributed by atoms with Gasteiger partial charge in [-0.3, -0.25) is 9.59 Å². The number of amides is 2. The lowest BCUT2D eigenvalue weighted by Crippen LogP contribution is -2.86. The van der Waals surface area contributed by atoms with Gasteiger partial charge < -0.3 is 71.0 Å². The topological polar surface area (TPSA) is 292 Å². The SMILES string of the molecule is [B]c1c([B])c(NC(O)(O)c2c(O)c(O)c([B])c(C3(O)OOC4([B])N3C([B])(O)C([B])(O)OC4([B])O)c2F)c2c(c1[B])C(=O)N(C(CCC=O)C(=O)NC)C2([B])O. The molecule has 0 aromatic heterocycles. The second-order valence-corrected chi connectivity index (χ2v) is 12.6. The van der Waals surface area contributed by atoms with E-state index in [2.05, 4.69) is 19.8 Å². The fourth-order valence-electron chi connectivity index (χ4n) is 6.48. The van der Waals surface area contributed by atoms with Crippen molar-refractivity contribution in [1.29, 1.82) is 0 Å². The Morgan fingerprint density at radius 2 is 1.49 bits per heavy atom. The van der Waals surface area contributed by atoms with E-state index in [9.17, 15) is 60.3 Å². The molecule has 2 aromatic rings. The zero-order valence-electron chi connectivity index (χ0n) is 28.0. The van der Waals surface area contributed by atoms with Crippen LogP contribution in [0.2, 0.25) is 0 Å². The number of aromatic hydroxyl groups is 2. The maximum absolute atomic E-state index is 16.8. The number of aldehydes is 1. The van der Waals surface area contributed by atoms with Gasteiger partial charge in [0.05, 0.1) is 5.56 Å². The standard InChI is InChI=1S/C26H20B9FN4O15/c1-37-18(44)5(3-2-4-41)39-19(45)6-7(20(39,31)46)15(13(30)12(29)10(6)27)38-21(47,48)9-14(36)8(11(28)17(43)16(9)42)22(49)40-23(32,50)25(34,51)53-26(35,52)24(40,33)55-54-22/h4-5,38,42-43,46-52H,2-3H2,1H3,(H,37,44). The largest absolute Gasteiger partial charge is 0.505 e. The second kappa shape index (κ2) is 13.0. The maximum atomic E-state index is 16.8. The van der Waals surface area contributed by atoms with Gasteiger partial charge in [0.2, 0.25) is 5.91 Å². The van der Waals surface area contributed by atoms with Crippen LogP contribution in [-0.2, 0) is 41.5 Å². The number of morpholine rings is 1. The van der Waals surface area contributed by atoms with Gasteiger partial charge in [-0.05, 0) is 11.9 Å². The van der Waals surface area contributed by atoms with Crippen LogP contribution in [0.1, 0.15) is 39.9 Å². The molecule has 0 spiro atoms. The first-order valence-electron chi connectivity index (χ1n) is 15.2. The molecule has 7 atom stereocenters. The van der Waals surface area contributed by atoms with Crippen LogP contribution in [-0.4, -0.2) is 180 Å². The van der Waals surface area contributed by atoms with E-state index >= 15 is 4.39 Å². The molecule has 2 aromatic carbocycles. The Morgan fingerprint density at radius 3 is 2.04 bits per heavy atom. The molecular formula is C26H20B9FN4O15. The van der Waals surface area contributed by atoms with E-state index in [1.807, 2.05) is 0 Å². The van der Waals surface area contributed by atoms with E-state index in [0.717, 1.165) is 7.05 Å². The Kier molecular flexibility index (Phi) is 10.1. The number of benzene rings is 2. The number of anilines is 1. The second-order valence-electron chi connectivity index (χ2n) is 12.6. The minimum atomic E-state index is -4.23. The number of phenols is 2. The van der Waals surface area contributed by atoms with Crippen LogP contribution < -0.4 is 32.5 Å². The molecule has 3 aliphatic rings. The third-order valence-corrected chi connectivity index (χ3v) is 9.22. The van der Waals surface area contributed by atoms with Crippen LogP contribution >= 0.6 is 0 Å². The Bertz CT molecular complexity index is 2030. The van der Waals surface area contributed by atoms with Gasteiger partial charge in [-0.25, -0.2) is 9.28 Å². The van der Waals surface area contributed by atoms with Crippen molar-refractivity contribution in [3.8, 4) is 11.5 Å². The van der Waals surface area contributed by atoms with Crippen LogP contribution in [0.25, 0.3) is 0 Å². The molecule has 268 valence electrons. The van der Waals surface area contributed by atoms with Crippen LogP contribution in [0.15, 0.2) is 0 Å². The van der Waals surface area contributed by atoms with Gasteiger partial charge in [0.25, 0.3) is 17.7 Å². The summed E-state index contributed by atoms with van der Waals surface area (Å²) in [6.45, 7) is 0. The predicted molar refractivity (Wildman–Crippen MR) is 186 cm³/mol. The maximum Gasteiger partial charge on any atom is 0.291 e. The quantitative estimate of drug-likeness (QED) is 0.0374. The Hall–Kier alpha value is -3.48. The minimum Gasteiger partial charge on any atom is -0.505 e. The van der Waals surface area contributed by atoms with E-state index in [-0.39, 0.29) is 6.42 Å². The molecule has 29 heteroatoms. The van der Waals surface area contributed by atoms with Crippen molar-refractivity contribution in [3.63, 3.8) is 0 Å². The summed E-state index contributed by atoms with van der Waals surface area (Å²) in [6.07, 6.45) is -0.411. The number of hydrogen-bond acceptors (Lipinski definition) is 17. The number of nitrogens with zero attached hydrogens (tertiary/aromatic N) is 2. The van der Waals surface area contributed by atoms with Crippen molar-refractivity contribution in [1.82, 2.24) is 15.1 Å². The average Bonchev–Trinajstić information content (AvgIpc) is 3.47. The molecule has 0 aliphatic carbocycles. The van der Waals surface area contributed by atoms with E-state index in [4.69, 9.17) is 70.6 Å². The molecule has 3 heterocycles. The van der Waals surface area contributed by atoms with Crippen LogP contribution in [0, 0.1) is 5.82 Å². The van der Waals surface area contributed by atoms with Crippen LogP contribution in [0.4, 0.5) is 10.1 Å². The number of carbonyl (C=O) groups is 3. The lowest BCUT2D eigenvalue weighted by Gasteiger charge is -2.62. The minimum absolute atomic E-state index is 0.349. The van der Waals surface area contributed by atoms with Gasteiger partial charge in [0.15, 0.2) is 52.0 Å². The number of carbonyl (C=O) groups excluding carboxylic acids is 3. The molecule has 0 saturated carbocycles. The molecule has 3 aliphatic heterocycles. The zero-order chi connectivity index (χ0) is 42.0. The monoisotopic (exact) mass is 746 g/mol. The Balaban J connectivity index is 1.74. The molecule has 18 radical (unpaired) electrons. The number of fused-ring (bicyclic) bond motifs is 2. The van der Waals surface area contributed by atoms with Gasteiger partial charge in [-0.2, -0.15) is 9.79 Å². The summed E-state index contributed by atoms with van der Waals surface area (Å²) in [5.74, 6) is -16.5. The summed E-state index contributed by atoms with van der Waals surface area (Å²) in [4.78, 5) is 47.0. The number of ether oxygens (including phenoxy) is 1. The van der Waals surface area contributed by atoms with Crippen LogP contribution in [0.3, 0.4) is 0 Å². The highest BCUT2D eigenvalue weighted by molar-refractivity contribution is 6.60. The van der Waals surface area contributed by atoms with Crippen molar-refractivity contribution in [2.75, 3.05) is 12.4 Å². The Morgan fingerprint density at radius 1 is 0.909 bits per heavy atom. The first-order valence-corrected chi connectivity index (χ1v) is 15.2. The summed E-state index contributed by atoms with van der Waals surface area (Å²) in [6, 6.07) is -1.71. The summed E-state index contributed by atoms with van der Waals surface area (Å²) in [5.41, 5.74) is -28.3. The number of halogens is 1. The molecule has 0 bridgehead atoms. The normalized spacial score (nSPS) is 32.5. The highest BCUT2D eigenvalue weighted by atomic mass is 19.1. The van der Waals surface area contributed by atoms with Crippen molar-refractivity contribution in [2.45, 2.75) is 59.0 Å². The molecule has 2 amide bonds. The fourth-order valence-corrected chi connectivity index (χ4v) is 6.48. The van der Waals surface area contributed by atoms with E-state index in [1.54, 1.807) is 5.32 Å². The van der Waals surface area contributed by atoms with Crippen molar-refractivity contribution in [2.24, 2.45) is 0 Å². The van der Waals surface area contributed by atoms with Gasteiger partial charge in [-0.15, -0.1) is 5.46 Å². The number of phenolic OH excluding ortho intramolecular Hbond substituents is 2. The van der Waals surface area contributed by atoms with Gasteiger partial charge in [0.1, 0.15) is 82.0 Å². The van der Waals surface area contributed by atoms with Crippen molar-refractivity contribution in [3.05, 3.63) is 28.1 Å². The molecule has 7 unspecified atom stereocenters. The summed E-state index contributed by atoms with van der Waals surface area (Å²) in [7, 11) is 53.6. The summed E-state index contributed by atoms with van der Waals surface area (Å²) >= 11 is 0. The zero-order valence-corrected chi connectivity index (χ0v) is 28.0. The van der Waals surface area contributed by atoms with E-state index < -0.39 is 136 Å². The third-order valence-electron chi connectivity index (χ3n) is 9.22. The highest BCUT2D eigenvalue weighted by Crippen LogP contribution is 2.55. The summed E-state index contributed by atoms with van der Waals surface area (Å²) < 4.78 is 21.3. The number of aliphatic hydroxyl groups is 7. The Labute approximate surface area is 321 Å². The van der Waals surface area contributed by atoms with E-state index in [1.165, 1.54) is 0 Å². The average molecular weight is 745 g/mol. The first kappa shape index (κ1) is 42.7. The fraction of sp³-hybridized carbons (Fsp3) is 0.423. The molecular weight excluding hydrogens is 725 g/mol. The molecule has 11 N–H and O–H groups in total. The molecule has 55 heavy (non-hydrogen) atoms. The lowest BCUT2D eigenvalue weighted by atomic mass is 9.60. The third kappa shape index (κ3) is 5.70. The highest BCUT2D eigenvalue weighted by Gasteiger charge is 2.76. The van der Waals surface area contributed by atoms with Crippen LogP contribution in [0.5, 0.6) is 11.5 Å². The number of rotatable bonds is 9. The lowest BCUT2D eigenvalue weighted by molar-refractivity contribution is -0.433. The molecule has 2 fully saturated rings. The number of likely N-dealkylation sites (N-methyl/N-ethyl adjacent to an activating group) is 1. The van der Waals surface area contributed by atoms with E-state index in [0.29, 0.717) is 11.2 Å². The first-order chi connectivity index (χ1) is 25.0. The van der Waals surface area contributed by atoms with Crippen molar-refractivity contribution < 1.29 is 79.2 Å².